The lowest BCUT2D eigenvalue weighted by Crippen LogP contribution is -2.10. The van der Waals surface area contributed by atoms with E-state index >= 15 is 0 Å². The monoisotopic (exact) mass is 458 g/mol. The molecule has 0 unspecified atom stereocenters. The highest BCUT2D eigenvalue weighted by Gasteiger charge is 2.16. The molecule has 4 nitrogen and oxygen atoms in total. The van der Waals surface area contributed by atoms with Gasteiger partial charge < -0.3 is 10.1 Å². The zero-order valence-corrected chi connectivity index (χ0v) is 16.9. The van der Waals surface area contributed by atoms with Crippen LogP contribution in [0.4, 0.5) is 17.6 Å². The minimum atomic E-state index is -0.779. The number of halogens is 6. The Hall–Kier alpha value is -2.84. The van der Waals surface area contributed by atoms with Crippen LogP contribution in [0, 0.1) is 37.1 Å². The number of aromatic nitrogens is 2. The van der Waals surface area contributed by atoms with E-state index in [4.69, 9.17) is 23.2 Å². The number of benzene rings is 2. The first kappa shape index (κ1) is 21.9. The lowest BCUT2D eigenvalue weighted by molar-refractivity contribution is 0.472. The van der Waals surface area contributed by atoms with Crippen LogP contribution in [-0.4, -0.2) is 15.1 Å². The smallest absolute Gasteiger partial charge is 0.255 e. The standard InChI is InChI=1S/C10H5Cl2F2N.C10H7F2NO2/c1-4-8(11)7-5(13)2-3-6(14)9(7)15-10(4)12;1-4-9(14)7-5(11)2-3-6(12)8(7)13-10(4)15/h2-3H,1H3;2-3H,1H3,(H2,13,14,15). The van der Waals surface area contributed by atoms with E-state index in [0.29, 0.717) is 5.56 Å². The van der Waals surface area contributed by atoms with Crippen molar-refractivity contribution in [1.82, 2.24) is 9.97 Å². The van der Waals surface area contributed by atoms with E-state index in [1.807, 2.05) is 0 Å². The van der Waals surface area contributed by atoms with Gasteiger partial charge in [-0.05, 0) is 38.1 Å². The molecule has 0 atom stereocenters. The van der Waals surface area contributed by atoms with Gasteiger partial charge in [0.1, 0.15) is 39.7 Å². The molecule has 0 radical (unpaired) electrons. The van der Waals surface area contributed by atoms with E-state index in [0.717, 1.165) is 24.3 Å². The van der Waals surface area contributed by atoms with Crippen LogP contribution in [0.3, 0.4) is 0 Å². The van der Waals surface area contributed by atoms with Gasteiger partial charge in [0, 0.05) is 5.56 Å². The van der Waals surface area contributed by atoms with Gasteiger partial charge in [0.25, 0.3) is 5.56 Å². The molecule has 2 heterocycles. The second-order valence-electron chi connectivity index (χ2n) is 6.30. The molecule has 0 bridgehead atoms. The number of hydrogen-bond donors (Lipinski definition) is 2. The van der Waals surface area contributed by atoms with Crippen molar-refractivity contribution in [2.24, 2.45) is 0 Å². The van der Waals surface area contributed by atoms with E-state index < -0.39 is 34.6 Å². The highest BCUT2D eigenvalue weighted by Crippen LogP contribution is 2.33. The minimum absolute atomic E-state index is 0.0291. The molecule has 2 aromatic carbocycles. The number of nitrogens with zero attached hydrogens (tertiary/aromatic N) is 1. The Kier molecular flexibility index (Phi) is 5.92. The summed E-state index contributed by atoms with van der Waals surface area (Å²) < 4.78 is 53.2. The first-order valence-corrected chi connectivity index (χ1v) is 9.09. The lowest BCUT2D eigenvalue weighted by atomic mass is 10.1. The molecular weight excluding hydrogens is 447 g/mol. The number of pyridine rings is 2. The summed E-state index contributed by atoms with van der Waals surface area (Å²) in [5.41, 5.74) is -0.689. The van der Waals surface area contributed by atoms with Crippen molar-refractivity contribution >= 4 is 45.0 Å². The van der Waals surface area contributed by atoms with Crippen molar-refractivity contribution < 1.29 is 22.7 Å². The van der Waals surface area contributed by atoms with E-state index in [9.17, 15) is 27.5 Å². The summed E-state index contributed by atoms with van der Waals surface area (Å²) in [5.74, 6) is -3.33. The van der Waals surface area contributed by atoms with Crippen LogP contribution >= 0.6 is 23.2 Å². The summed E-state index contributed by atoms with van der Waals surface area (Å²) in [6.07, 6.45) is 0. The van der Waals surface area contributed by atoms with E-state index in [1.165, 1.54) is 6.92 Å². The van der Waals surface area contributed by atoms with Gasteiger partial charge in [-0.3, -0.25) is 4.79 Å². The number of nitrogens with one attached hydrogen (secondary N) is 1. The van der Waals surface area contributed by atoms with Crippen LogP contribution in [-0.2, 0) is 0 Å². The van der Waals surface area contributed by atoms with Gasteiger partial charge in [0.05, 0.1) is 26.9 Å². The second kappa shape index (κ2) is 8.12. The summed E-state index contributed by atoms with van der Waals surface area (Å²) in [6.45, 7) is 2.93. The highest BCUT2D eigenvalue weighted by molar-refractivity contribution is 6.39. The maximum absolute atomic E-state index is 13.4. The van der Waals surface area contributed by atoms with Crippen molar-refractivity contribution in [2.75, 3.05) is 0 Å². The molecule has 4 aromatic rings. The highest BCUT2D eigenvalue weighted by atomic mass is 35.5. The Balaban J connectivity index is 0.000000171. The molecule has 0 aliphatic heterocycles. The number of rotatable bonds is 0. The van der Waals surface area contributed by atoms with E-state index in [2.05, 4.69) is 9.97 Å². The number of hydrogen-bond acceptors (Lipinski definition) is 3. The van der Waals surface area contributed by atoms with Crippen molar-refractivity contribution in [2.45, 2.75) is 13.8 Å². The third kappa shape index (κ3) is 3.68. The Morgan fingerprint density at radius 2 is 1.40 bits per heavy atom. The molecule has 4 rings (SSSR count). The zero-order chi connectivity index (χ0) is 22.3. The predicted octanol–water partition coefficient (Wildman–Crippen LogP) is 5.95. The quantitative estimate of drug-likeness (QED) is 0.252. The van der Waals surface area contributed by atoms with Crippen LogP contribution in [0.15, 0.2) is 29.1 Å². The molecule has 0 saturated carbocycles. The molecule has 0 saturated heterocycles. The minimum Gasteiger partial charge on any atom is -0.507 e. The van der Waals surface area contributed by atoms with E-state index in [-0.39, 0.29) is 37.5 Å². The molecule has 30 heavy (non-hydrogen) atoms. The molecule has 0 spiro atoms. The van der Waals surface area contributed by atoms with Gasteiger partial charge in [-0.25, -0.2) is 22.5 Å². The molecule has 0 amide bonds. The molecule has 0 aliphatic carbocycles. The second-order valence-corrected chi connectivity index (χ2v) is 7.04. The van der Waals surface area contributed by atoms with E-state index in [1.54, 1.807) is 6.92 Å². The molecule has 2 aromatic heterocycles. The fraction of sp³-hybridized carbons (Fsp3) is 0.100. The molecule has 2 N–H and O–H groups in total. The van der Waals surface area contributed by atoms with Crippen LogP contribution < -0.4 is 5.56 Å². The molecule has 0 aliphatic rings. The summed E-state index contributed by atoms with van der Waals surface area (Å²) in [4.78, 5) is 17.2. The molecule has 156 valence electrons. The first-order valence-electron chi connectivity index (χ1n) is 8.33. The van der Waals surface area contributed by atoms with Crippen LogP contribution in [0.25, 0.3) is 21.8 Å². The average molecular weight is 459 g/mol. The summed E-state index contributed by atoms with van der Waals surface area (Å²) >= 11 is 11.6. The summed E-state index contributed by atoms with van der Waals surface area (Å²) in [7, 11) is 0. The van der Waals surface area contributed by atoms with Gasteiger partial charge in [-0.2, -0.15) is 0 Å². The number of aromatic amines is 1. The number of fused-ring (bicyclic) bond motifs is 2. The van der Waals surface area contributed by atoms with Crippen LogP contribution in [0.1, 0.15) is 11.1 Å². The fourth-order valence-corrected chi connectivity index (χ4v) is 3.22. The number of H-pyrrole nitrogens is 1. The van der Waals surface area contributed by atoms with Crippen molar-refractivity contribution in [1.29, 1.82) is 0 Å². The van der Waals surface area contributed by atoms with Crippen molar-refractivity contribution in [3.8, 4) is 5.75 Å². The SMILES string of the molecule is Cc1c(Cl)nc2c(F)ccc(F)c2c1Cl.Cc1c(O)c2c(F)ccc(F)c2[nH]c1=O. The maximum Gasteiger partial charge on any atom is 0.255 e. The summed E-state index contributed by atoms with van der Waals surface area (Å²) in [6, 6.07) is 3.79. The first-order chi connectivity index (χ1) is 14.0. The number of aromatic hydroxyl groups is 1. The molecule has 10 heteroatoms. The van der Waals surface area contributed by atoms with Gasteiger partial charge >= 0.3 is 0 Å². The maximum atomic E-state index is 13.4. The zero-order valence-electron chi connectivity index (χ0n) is 15.4. The normalized spacial score (nSPS) is 10.9. The van der Waals surface area contributed by atoms with Crippen molar-refractivity contribution in [3.05, 3.63) is 79.2 Å². The van der Waals surface area contributed by atoms with Crippen LogP contribution in [0.5, 0.6) is 5.75 Å². The topological polar surface area (TPSA) is 66.0 Å². The largest absolute Gasteiger partial charge is 0.507 e. The van der Waals surface area contributed by atoms with Gasteiger partial charge in [0.15, 0.2) is 0 Å². The molecule has 0 fully saturated rings. The summed E-state index contributed by atoms with van der Waals surface area (Å²) in [5, 5.41) is 9.37. The lowest BCUT2D eigenvalue weighted by Gasteiger charge is -2.06. The third-order valence-electron chi connectivity index (χ3n) is 4.42. The van der Waals surface area contributed by atoms with Gasteiger partial charge in [0.2, 0.25) is 0 Å². The van der Waals surface area contributed by atoms with Gasteiger partial charge in [-0.15, -0.1) is 0 Å². The third-order valence-corrected chi connectivity index (χ3v) is 5.26. The van der Waals surface area contributed by atoms with Crippen molar-refractivity contribution in [3.63, 3.8) is 0 Å². The Morgan fingerprint density at radius 1 is 0.867 bits per heavy atom. The Labute approximate surface area is 176 Å². The average Bonchev–Trinajstić information content (AvgIpc) is 2.70. The van der Waals surface area contributed by atoms with Crippen LogP contribution in [0.2, 0.25) is 10.2 Å². The van der Waals surface area contributed by atoms with Gasteiger partial charge in [-0.1, -0.05) is 23.2 Å². The fourth-order valence-electron chi connectivity index (χ4n) is 2.73. The Morgan fingerprint density at radius 3 is 2.03 bits per heavy atom. The molecular formula is C20H12Cl2F4N2O2. The Bertz CT molecular complexity index is 1370. The predicted molar refractivity (Wildman–Crippen MR) is 107 cm³/mol.